The molecule has 0 saturated carbocycles. The molecule has 2 aliphatic heterocycles. The van der Waals surface area contributed by atoms with Crippen molar-refractivity contribution in [1.29, 1.82) is 0 Å². The number of nitrogens with one attached hydrogen (secondary N) is 1. The van der Waals surface area contributed by atoms with Crippen LogP contribution in [0.5, 0.6) is 0 Å². The summed E-state index contributed by atoms with van der Waals surface area (Å²) in [4.78, 5) is 28.1. The maximum absolute atomic E-state index is 12.2. The molecule has 2 rings (SSSR count). The van der Waals surface area contributed by atoms with Crippen LogP contribution in [0.15, 0.2) is 36.3 Å². The number of carbonyl (C=O) groups is 2. The third-order valence-electron chi connectivity index (χ3n) is 4.44. The van der Waals surface area contributed by atoms with Crippen LogP contribution in [0.3, 0.4) is 0 Å². The first kappa shape index (κ1) is 21.1. The highest BCUT2D eigenvalue weighted by Crippen LogP contribution is 2.23. The van der Waals surface area contributed by atoms with Crippen molar-refractivity contribution in [2.45, 2.75) is 53.1 Å². The second-order valence-corrected chi connectivity index (χ2v) is 8.54. The van der Waals surface area contributed by atoms with Crippen molar-refractivity contribution in [3.05, 3.63) is 36.3 Å². The Morgan fingerprint density at radius 2 is 1.89 bits per heavy atom. The van der Waals surface area contributed by atoms with Gasteiger partial charge in [0.05, 0.1) is 0 Å². The summed E-state index contributed by atoms with van der Waals surface area (Å²) in [5, 5.41) is 3.04. The van der Waals surface area contributed by atoms with Crippen molar-refractivity contribution in [1.82, 2.24) is 15.1 Å². The topological polar surface area (TPSA) is 61.9 Å². The summed E-state index contributed by atoms with van der Waals surface area (Å²) in [5.41, 5.74) is 0.512. The van der Waals surface area contributed by atoms with Gasteiger partial charge in [0, 0.05) is 43.6 Å². The van der Waals surface area contributed by atoms with Crippen molar-refractivity contribution in [2.75, 3.05) is 19.6 Å². The lowest BCUT2D eigenvalue weighted by molar-refractivity contribution is -0.126. The van der Waals surface area contributed by atoms with Crippen molar-refractivity contribution in [2.24, 2.45) is 11.8 Å². The normalized spacial score (nSPS) is 18.4. The third-order valence-corrected chi connectivity index (χ3v) is 4.44. The number of piperidine rings is 1. The molecule has 0 unspecified atom stereocenters. The number of likely N-dealkylation sites (tertiary alicyclic amines) is 1. The molecule has 0 bridgehead atoms. The van der Waals surface area contributed by atoms with Gasteiger partial charge in [-0.15, -0.1) is 0 Å². The Balaban J connectivity index is 1.87. The van der Waals surface area contributed by atoms with Gasteiger partial charge in [-0.05, 0) is 57.8 Å². The molecule has 1 fully saturated rings. The van der Waals surface area contributed by atoms with Gasteiger partial charge < -0.3 is 15.0 Å². The van der Waals surface area contributed by atoms with E-state index in [2.05, 4.69) is 24.1 Å². The summed E-state index contributed by atoms with van der Waals surface area (Å²) >= 11 is 0. The zero-order valence-electron chi connectivity index (χ0n) is 17.2. The Bertz CT molecular complexity index is 621. The van der Waals surface area contributed by atoms with Gasteiger partial charge in [-0.25, -0.2) is 4.79 Å². The van der Waals surface area contributed by atoms with Crippen LogP contribution < -0.4 is 5.32 Å². The van der Waals surface area contributed by atoms with Crippen LogP contribution in [0.25, 0.3) is 0 Å². The zero-order valence-corrected chi connectivity index (χ0v) is 17.2. The SMILES string of the molecule is CC(C)CNC(=O)C1CCN(C2=CC=CN(C(=O)OC(C)(C)C)C=C2)CC1. The average molecular weight is 376 g/mol. The van der Waals surface area contributed by atoms with Crippen LogP contribution in [0.4, 0.5) is 4.79 Å². The standard InChI is InChI=1S/C21H33N3O3/c1-16(2)15-22-19(25)17-8-12-23(13-9-17)18-7-6-11-24(14-10-18)20(26)27-21(3,4)5/h6-7,10-11,14,16-17H,8-9,12-13,15H2,1-5H3,(H,22,25). The van der Waals surface area contributed by atoms with E-state index in [4.69, 9.17) is 4.74 Å². The largest absolute Gasteiger partial charge is 0.443 e. The molecule has 2 aliphatic rings. The molecule has 6 heteroatoms. The highest BCUT2D eigenvalue weighted by molar-refractivity contribution is 5.78. The van der Waals surface area contributed by atoms with Crippen molar-refractivity contribution in [3.8, 4) is 0 Å². The predicted molar refractivity (Wildman–Crippen MR) is 107 cm³/mol. The van der Waals surface area contributed by atoms with E-state index in [9.17, 15) is 9.59 Å². The van der Waals surface area contributed by atoms with E-state index >= 15 is 0 Å². The lowest BCUT2D eigenvalue weighted by atomic mass is 9.95. The van der Waals surface area contributed by atoms with E-state index in [-0.39, 0.29) is 11.8 Å². The molecule has 2 heterocycles. The van der Waals surface area contributed by atoms with Crippen LogP contribution in [0.1, 0.15) is 47.5 Å². The number of allylic oxidation sites excluding steroid dienone is 3. The van der Waals surface area contributed by atoms with Gasteiger partial charge >= 0.3 is 6.09 Å². The predicted octanol–water partition coefficient (Wildman–Crippen LogP) is 3.63. The van der Waals surface area contributed by atoms with Gasteiger partial charge in [0.2, 0.25) is 5.91 Å². The maximum Gasteiger partial charge on any atom is 0.418 e. The summed E-state index contributed by atoms with van der Waals surface area (Å²) in [6, 6.07) is 0. The van der Waals surface area contributed by atoms with Gasteiger partial charge in [0.1, 0.15) is 5.60 Å². The Morgan fingerprint density at radius 3 is 2.48 bits per heavy atom. The van der Waals surface area contributed by atoms with E-state index < -0.39 is 11.7 Å². The van der Waals surface area contributed by atoms with E-state index in [1.807, 2.05) is 39.0 Å². The first-order valence-corrected chi connectivity index (χ1v) is 9.76. The second-order valence-electron chi connectivity index (χ2n) is 8.54. The molecule has 0 radical (unpaired) electrons. The summed E-state index contributed by atoms with van der Waals surface area (Å²) in [5.74, 6) is 0.726. The fourth-order valence-electron chi connectivity index (χ4n) is 2.99. The molecule has 0 aromatic heterocycles. The lowest BCUT2D eigenvalue weighted by Gasteiger charge is -2.33. The van der Waals surface area contributed by atoms with Crippen LogP contribution >= 0.6 is 0 Å². The first-order chi connectivity index (χ1) is 12.7. The molecular weight excluding hydrogens is 342 g/mol. The van der Waals surface area contributed by atoms with Gasteiger partial charge in [-0.1, -0.05) is 13.8 Å². The number of nitrogens with zero attached hydrogens (tertiary/aromatic N) is 2. The number of hydrogen-bond donors (Lipinski definition) is 1. The van der Waals surface area contributed by atoms with Crippen LogP contribution in [0, 0.1) is 11.8 Å². The molecule has 150 valence electrons. The van der Waals surface area contributed by atoms with E-state index in [1.165, 1.54) is 4.90 Å². The Labute approximate surface area is 162 Å². The van der Waals surface area contributed by atoms with Crippen LogP contribution in [-0.4, -0.2) is 47.0 Å². The van der Waals surface area contributed by atoms with Crippen LogP contribution in [0.2, 0.25) is 0 Å². The van der Waals surface area contributed by atoms with Gasteiger partial charge in [0.25, 0.3) is 0 Å². The summed E-state index contributed by atoms with van der Waals surface area (Å²) in [6.45, 7) is 12.1. The maximum atomic E-state index is 12.2. The fraction of sp³-hybridized carbons (Fsp3) is 0.619. The van der Waals surface area contributed by atoms with Gasteiger partial charge in [0.15, 0.2) is 0 Å². The molecule has 27 heavy (non-hydrogen) atoms. The Hall–Kier alpha value is -2.24. The Kier molecular flexibility index (Phi) is 7.11. The molecule has 1 N–H and O–H groups in total. The molecule has 0 aromatic rings. The lowest BCUT2D eigenvalue weighted by Crippen LogP contribution is -2.40. The minimum Gasteiger partial charge on any atom is -0.443 e. The number of ether oxygens (including phenoxy) is 1. The molecule has 1 saturated heterocycles. The first-order valence-electron chi connectivity index (χ1n) is 9.76. The molecule has 2 amide bonds. The van der Waals surface area contributed by atoms with Crippen molar-refractivity contribution < 1.29 is 14.3 Å². The molecule has 0 atom stereocenters. The average Bonchev–Trinajstić information content (AvgIpc) is 2.84. The smallest absolute Gasteiger partial charge is 0.418 e. The fourth-order valence-corrected chi connectivity index (χ4v) is 2.99. The van der Waals surface area contributed by atoms with Crippen LogP contribution in [-0.2, 0) is 9.53 Å². The molecule has 0 aromatic carbocycles. The summed E-state index contributed by atoms with van der Waals surface area (Å²) in [7, 11) is 0. The molecule has 0 spiro atoms. The van der Waals surface area contributed by atoms with Gasteiger partial charge in [-0.3, -0.25) is 9.69 Å². The zero-order chi connectivity index (χ0) is 20.0. The van der Waals surface area contributed by atoms with Crippen molar-refractivity contribution >= 4 is 12.0 Å². The number of carbonyl (C=O) groups excluding carboxylic acids is 2. The summed E-state index contributed by atoms with van der Waals surface area (Å²) in [6.07, 6.45) is 10.5. The second kappa shape index (κ2) is 9.11. The Morgan fingerprint density at radius 1 is 1.22 bits per heavy atom. The van der Waals surface area contributed by atoms with E-state index in [0.29, 0.717) is 5.92 Å². The molecule has 0 aliphatic carbocycles. The van der Waals surface area contributed by atoms with E-state index in [0.717, 1.165) is 38.2 Å². The number of amides is 2. The van der Waals surface area contributed by atoms with E-state index in [1.54, 1.807) is 12.4 Å². The highest BCUT2D eigenvalue weighted by Gasteiger charge is 2.26. The third kappa shape index (κ3) is 6.77. The summed E-state index contributed by atoms with van der Waals surface area (Å²) < 4.78 is 5.40. The number of rotatable bonds is 4. The van der Waals surface area contributed by atoms with Crippen molar-refractivity contribution in [3.63, 3.8) is 0 Å². The number of hydrogen-bond acceptors (Lipinski definition) is 4. The highest BCUT2D eigenvalue weighted by atomic mass is 16.6. The quantitative estimate of drug-likeness (QED) is 0.815. The molecular formula is C21H33N3O3. The van der Waals surface area contributed by atoms with Gasteiger partial charge in [-0.2, -0.15) is 0 Å². The molecule has 6 nitrogen and oxygen atoms in total. The monoisotopic (exact) mass is 375 g/mol. The minimum atomic E-state index is -0.528. The minimum absolute atomic E-state index is 0.0872.